The van der Waals surface area contributed by atoms with Crippen LogP contribution >= 0.6 is 0 Å². The minimum absolute atomic E-state index is 0. The van der Waals surface area contributed by atoms with Gasteiger partial charge in [0.1, 0.15) is 5.57 Å². The van der Waals surface area contributed by atoms with E-state index in [2.05, 4.69) is 13.8 Å². The Balaban J connectivity index is 0.00000417. The number of ketones is 1. The number of hydrogen-bond acceptors (Lipinski definition) is 8. The summed E-state index contributed by atoms with van der Waals surface area (Å²) in [6, 6.07) is 5.59. The number of aryl methyl sites for hydroxylation is 2. The molecule has 0 saturated heterocycles. The Kier molecular flexibility index (Phi) is 8.95. The second-order valence-electron chi connectivity index (χ2n) is 12.3. The van der Waals surface area contributed by atoms with Crippen LogP contribution in [0.3, 0.4) is 0 Å². The smallest absolute Gasteiger partial charge is 0.875 e. The first-order valence-electron chi connectivity index (χ1n) is 15.3. The van der Waals surface area contributed by atoms with Gasteiger partial charge in [-0.2, -0.15) is 0 Å². The number of carboxylic acid groups (broad SMARTS) is 1. The molecule has 3 aromatic rings. The van der Waals surface area contributed by atoms with Gasteiger partial charge < -0.3 is 29.7 Å². The Bertz CT molecular complexity index is 2110. The SMILES string of the molecule is CC[C@H]1c2cc3[n-]c4c(c3C)C(=O)C(C(=O)OC)=c4c3nc(cc4[n-]c(cc(n2)[C@@H]1C)c(=C(C)[O-])c4C)[C@@H](C)[C@@H]3CCC(=O)[O-].[Mg+2]. The van der Waals surface area contributed by atoms with Crippen molar-refractivity contribution >= 4 is 74.2 Å². The summed E-state index contributed by atoms with van der Waals surface area (Å²) in [5.74, 6) is -3.30. The Morgan fingerprint density at radius 1 is 0.913 bits per heavy atom. The summed E-state index contributed by atoms with van der Waals surface area (Å²) in [5.41, 5.74) is 6.06. The van der Waals surface area contributed by atoms with E-state index < -0.39 is 23.6 Å². The first-order chi connectivity index (χ1) is 21.4. The van der Waals surface area contributed by atoms with Gasteiger partial charge in [0.05, 0.1) is 12.8 Å². The molecular weight excluding hydrogens is 597 g/mol. The number of aromatic nitrogens is 4. The Morgan fingerprint density at radius 2 is 1.52 bits per heavy atom. The normalized spacial score (nSPS) is 20.8. The van der Waals surface area contributed by atoms with Gasteiger partial charge >= 0.3 is 29.0 Å². The van der Waals surface area contributed by atoms with Gasteiger partial charge in [-0.3, -0.25) is 14.8 Å². The summed E-state index contributed by atoms with van der Waals surface area (Å²) in [5, 5.41) is 25.3. The summed E-state index contributed by atoms with van der Waals surface area (Å²) in [7, 11) is 1.21. The van der Waals surface area contributed by atoms with Gasteiger partial charge in [-0.15, -0.1) is 27.8 Å². The molecule has 0 saturated carbocycles. The third-order valence-corrected chi connectivity index (χ3v) is 9.76. The summed E-state index contributed by atoms with van der Waals surface area (Å²) in [6.07, 6.45) is 0.727. The van der Waals surface area contributed by atoms with Gasteiger partial charge in [-0.05, 0) is 33.1 Å². The standard InChI is InChI=1S/C35H38N4O6.Mg/c1-8-19-14(2)21-13-26-28(18(6)40)16(4)23(37-26)11-22-15(3)20(9-10-27(41)42)32(38-22)30-31(35(44)45-7)34(43)29-17(5)24(39-33(29)30)12-25(19)36-21;/h11-15,19-20H,8-10H2,1-7H3,(H4,36,37,38,39,40,41,42,43,44);/q;+2/p-4/t14-,15+,19-,20+;/m1./s1. The molecule has 46 heavy (non-hydrogen) atoms. The van der Waals surface area contributed by atoms with E-state index in [0.29, 0.717) is 55.4 Å². The third-order valence-electron chi connectivity index (χ3n) is 9.76. The van der Waals surface area contributed by atoms with Crippen LogP contribution in [-0.2, 0) is 14.3 Å². The van der Waals surface area contributed by atoms with Crippen molar-refractivity contribution in [2.75, 3.05) is 7.11 Å². The van der Waals surface area contributed by atoms with Gasteiger partial charge in [0.2, 0.25) is 0 Å². The van der Waals surface area contributed by atoms with Crippen LogP contribution < -0.4 is 30.6 Å². The molecule has 3 aliphatic rings. The van der Waals surface area contributed by atoms with Crippen LogP contribution in [0.4, 0.5) is 0 Å². The monoisotopic (exact) mass is 630 g/mol. The Morgan fingerprint density at radius 3 is 2.15 bits per heavy atom. The van der Waals surface area contributed by atoms with Gasteiger partial charge in [0, 0.05) is 57.5 Å². The minimum Gasteiger partial charge on any atom is -0.875 e. The first-order valence-corrected chi connectivity index (χ1v) is 15.3. The van der Waals surface area contributed by atoms with Crippen LogP contribution in [-0.4, -0.2) is 57.9 Å². The quantitative estimate of drug-likeness (QED) is 0.299. The fraction of sp³-hybridized carbons (Fsp3) is 0.400. The number of esters is 1. The van der Waals surface area contributed by atoms with E-state index in [1.807, 2.05) is 26.0 Å². The van der Waals surface area contributed by atoms with E-state index in [4.69, 9.17) is 24.7 Å². The second kappa shape index (κ2) is 12.3. The number of Topliss-reactive ketones (excluding diaryl/α,β-unsaturated/α-hetero) is 1. The molecule has 1 aliphatic carbocycles. The summed E-state index contributed by atoms with van der Waals surface area (Å²) in [4.78, 5) is 58.4. The molecule has 8 bridgehead atoms. The van der Waals surface area contributed by atoms with Crippen molar-refractivity contribution in [1.82, 2.24) is 19.9 Å². The van der Waals surface area contributed by atoms with Crippen molar-refractivity contribution in [3.05, 3.63) is 68.1 Å². The number of fused-ring (bicyclic) bond motifs is 8. The molecular formula is C35H34MgN4O6-2. The maximum atomic E-state index is 13.9. The number of nitrogens with zero attached hydrogens (tertiary/aromatic N) is 4. The molecule has 3 aromatic heterocycles. The van der Waals surface area contributed by atoms with E-state index in [0.717, 1.165) is 17.8 Å². The van der Waals surface area contributed by atoms with Crippen LogP contribution in [0.25, 0.3) is 33.4 Å². The number of ether oxygens (including phenoxy) is 1. The largest absolute Gasteiger partial charge is 2.00 e. The van der Waals surface area contributed by atoms with Crippen LogP contribution in [0, 0.1) is 13.8 Å². The van der Waals surface area contributed by atoms with Crippen LogP contribution in [0.2, 0.25) is 0 Å². The molecule has 0 radical (unpaired) electrons. The second-order valence-corrected chi connectivity index (χ2v) is 12.3. The molecule has 0 spiro atoms. The van der Waals surface area contributed by atoms with Crippen molar-refractivity contribution in [2.24, 2.45) is 0 Å². The van der Waals surface area contributed by atoms with E-state index >= 15 is 0 Å². The Labute approximate surface area is 282 Å². The van der Waals surface area contributed by atoms with Crippen molar-refractivity contribution in [3.8, 4) is 0 Å². The van der Waals surface area contributed by atoms with Crippen LogP contribution in [0.15, 0.2) is 18.2 Å². The molecule has 234 valence electrons. The number of aliphatic carboxylic acids is 1. The molecule has 0 unspecified atom stereocenters. The minimum atomic E-state index is -1.21. The molecule has 0 fully saturated rings. The van der Waals surface area contributed by atoms with Crippen LogP contribution in [0.1, 0.15) is 115 Å². The number of carboxylic acids is 1. The number of rotatable bonds is 5. The maximum Gasteiger partial charge on any atom is 2.00 e. The molecule has 0 amide bonds. The summed E-state index contributed by atoms with van der Waals surface area (Å²) >= 11 is 0. The molecule has 10 nitrogen and oxygen atoms in total. The first kappa shape index (κ1) is 33.4. The molecule has 5 heterocycles. The number of hydrogen-bond donors (Lipinski definition) is 0. The zero-order valence-electron chi connectivity index (χ0n) is 27.1. The predicted molar refractivity (Wildman–Crippen MR) is 169 cm³/mol. The maximum absolute atomic E-state index is 13.9. The van der Waals surface area contributed by atoms with Crippen LogP contribution in [0.5, 0.6) is 0 Å². The Hall–Kier alpha value is -3.96. The molecule has 2 aliphatic heterocycles. The van der Waals surface area contributed by atoms with Crippen molar-refractivity contribution in [1.29, 1.82) is 0 Å². The van der Waals surface area contributed by atoms with Crippen molar-refractivity contribution < 1.29 is 29.3 Å². The predicted octanol–water partition coefficient (Wildman–Crippen LogP) is 1.53. The molecule has 4 atom stereocenters. The van der Waals surface area contributed by atoms with Crippen molar-refractivity contribution in [3.63, 3.8) is 0 Å². The zero-order chi connectivity index (χ0) is 32.5. The number of carbonyl (C=O) groups excluding carboxylic acids is 3. The van der Waals surface area contributed by atoms with E-state index in [1.165, 1.54) is 14.0 Å². The van der Waals surface area contributed by atoms with Gasteiger partial charge in [0.15, 0.2) is 5.78 Å². The average molecular weight is 631 g/mol. The number of carbonyl (C=O) groups is 3. The van der Waals surface area contributed by atoms with Gasteiger partial charge in [0.25, 0.3) is 0 Å². The average Bonchev–Trinajstić information content (AvgIpc) is 3.72. The third kappa shape index (κ3) is 5.13. The van der Waals surface area contributed by atoms with E-state index in [1.54, 1.807) is 13.0 Å². The summed E-state index contributed by atoms with van der Waals surface area (Å²) < 4.78 is 5.06. The van der Waals surface area contributed by atoms with Gasteiger partial charge in [-0.1, -0.05) is 62.2 Å². The molecule has 0 N–H and O–H groups in total. The van der Waals surface area contributed by atoms with E-state index in [9.17, 15) is 24.6 Å². The number of methoxy groups -OCH3 is 1. The molecule has 0 aromatic carbocycles. The van der Waals surface area contributed by atoms with E-state index in [-0.39, 0.29) is 70.2 Å². The molecule has 11 heteroatoms. The topological polar surface area (TPSA) is 161 Å². The van der Waals surface area contributed by atoms with Gasteiger partial charge in [-0.25, -0.2) is 4.79 Å². The zero-order valence-corrected chi connectivity index (χ0v) is 28.5. The van der Waals surface area contributed by atoms with Crippen molar-refractivity contribution in [2.45, 2.75) is 84.5 Å². The molecule has 6 rings (SSSR count). The fourth-order valence-corrected chi connectivity index (χ4v) is 7.26. The summed E-state index contributed by atoms with van der Waals surface area (Å²) in [6.45, 7) is 11.3. The fourth-order valence-electron chi connectivity index (χ4n) is 7.26.